The molecule has 3 aromatic rings. The summed E-state index contributed by atoms with van der Waals surface area (Å²) < 4.78 is 9.24. The summed E-state index contributed by atoms with van der Waals surface area (Å²) in [6, 6.07) is 6.42. The Morgan fingerprint density at radius 1 is 1.22 bits per heavy atom. The molecule has 8 nitrogen and oxygen atoms in total. The maximum atomic E-state index is 10.2. The molecule has 1 atom stereocenters. The van der Waals surface area contributed by atoms with Crippen molar-refractivity contribution in [2.75, 3.05) is 43.4 Å². The highest BCUT2D eigenvalue weighted by atomic mass is 32.1. The second-order valence-corrected chi connectivity index (χ2v) is 12.9. The van der Waals surface area contributed by atoms with Crippen LogP contribution in [0.15, 0.2) is 24.4 Å². The highest BCUT2D eigenvalue weighted by molar-refractivity contribution is 7.22. The maximum absolute atomic E-state index is 10.2. The number of aliphatic hydroxyl groups is 1. The number of fused-ring (bicyclic) bond motifs is 1. The minimum absolute atomic E-state index is 0.00567. The third kappa shape index (κ3) is 6.63. The fourth-order valence-electron chi connectivity index (χ4n) is 5.17. The van der Waals surface area contributed by atoms with Crippen molar-refractivity contribution in [1.29, 1.82) is 0 Å². The van der Waals surface area contributed by atoms with E-state index < -0.39 is 5.60 Å². The zero-order valence-corrected chi connectivity index (χ0v) is 23.5. The minimum Gasteiger partial charge on any atom is -0.390 e. The lowest BCUT2D eigenvalue weighted by molar-refractivity contribution is -0.0383. The average molecular weight is 527 g/mol. The topological polar surface area (TPSA) is 87.5 Å². The molecule has 0 bridgehead atoms. The second kappa shape index (κ2) is 10.9. The van der Waals surface area contributed by atoms with Gasteiger partial charge in [0.15, 0.2) is 6.23 Å². The second-order valence-electron chi connectivity index (χ2n) is 11.9. The van der Waals surface area contributed by atoms with Gasteiger partial charge in [0.05, 0.1) is 32.1 Å². The SMILES string of the molecule is CC1(O)CCN(CCCNc2cc(NC(C)(C)C)nc3cc(-c4ccnn4C4CCCCO4)sc23)CC1. The van der Waals surface area contributed by atoms with Gasteiger partial charge in [-0.05, 0) is 84.9 Å². The number of anilines is 2. The molecule has 0 saturated carbocycles. The largest absolute Gasteiger partial charge is 0.390 e. The molecule has 9 heteroatoms. The van der Waals surface area contributed by atoms with Gasteiger partial charge in [0.1, 0.15) is 5.82 Å². The molecule has 37 heavy (non-hydrogen) atoms. The smallest absolute Gasteiger partial charge is 0.150 e. The van der Waals surface area contributed by atoms with Crippen LogP contribution in [0.25, 0.3) is 20.8 Å². The number of hydrogen-bond donors (Lipinski definition) is 3. The van der Waals surface area contributed by atoms with Gasteiger partial charge < -0.3 is 25.4 Å². The van der Waals surface area contributed by atoms with Crippen LogP contribution in [0.4, 0.5) is 11.5 Å². The van der Waals surface area contributed by atoms with Gasteiger partial charge in [-0.2, -0.15) is 5.10 Å². The number of nitrogens with zero attached hydrogens (tertiary/aromatic N) is 4. The zero-order valence-electron chi connectivity index (χ0n) is 22.7. The van der Waals surface area contributed by atoms with Crippen molar-refractivity contribution in [3.63, 3.8) is 0 Å². The average Bonchev–Trinajstić information content (AvgIpc) is 3.49. The van der Waals surface area contributed by atoms with E-state index in [0.717, 1.165) is 92.5 Å². The molecule has 2 saturated heterocycles. The van der Waals surface area contributed by atoms with Gasteiger partial charge in [0, 0.05) is 44.0 Å². The van der Waals surface area contributed by atoms with E-state index >= 15 is 0 Å². The molecule has 202 valence electrons. The van der Waals surface area contributed by atoms with Gasteiger partial charge in [0.2, 0.25) is 0 Å². The van der Waals surface area contributed by atoms with Gasteiger partial charge in [-0.15, -0.1) is 11.3 Å². The first kappa shape index (κ1) is 26.4. The van der Waals surface area contributed by atoms with Crippen LogP contribution in [0, 0.1) is 0 Å². The third-order valence-electron chi connectivity index (χ3n) is 7.23. The Balaban J connectivity index is 1.35. The van der Waals surface area contributed by atoms with E-state index in [1.54, 1.807) is 11.3 Å². The summed E-state index contributed by atoms with van der Waals surface area (Å²) >= 11 is 1.76. The minimum atomic E-state index is -0.497. The molecular formula is C28H42N6O2S. The molecule has 0 amide bonds. The molecule has 2 aliphatic heterocycles. The summed E-state index contributed by atoms with van der Waals surface area (Å²) in [5.74, 6) is 0.884. The number of ether oxygens (including phenoxy) is 1. The summed E-state index contributed by atoms with van der Waals surface area (Å²) in [5.41, 5.74) is 2.63. The Morgan fingerprint density at radius 3 is 2.76 bits per heavy atom. The van der Waals surface area contributed by atoms with Crippen molar-refractivity contribution in [3.8, 4) is 10.6 Å². The molecule has 1 unspecified atom stereocenters. The Labute approximate surface area is 224 Å². The lowest BCUT2D eigenvalue weighted by Gasteiger charge is -2.35. The van der Waals surface area contributed by atoms with E-state index in [4.69, 9.17) is 9.72 Å². The molecule has 3 aromatic heterocycles. The van der Waals surface area contributed by atoms with Gasteiger partial charge in [-0.1, -0.05) is 0 Å². The summed E-state index contributed by atoms with van der Waals surface area (Å²) in [7, 11) is 0. The highest BCUT2D eigenvalue weighted by Gasteiger charge is 2.27. The van der Waals surface area contributed by atoms with E-state index in [9.17, 15) is 5.11 Å². The predicted molar refractivity (Wildman–Crippen MR) is 152 cm³/mol. The molecule has 0 aromatic carbocycles. The molecule has 2 fully saturated rings. The first-order valence-electron chi connectivity index (χ1n) is 13.7. The Bertz CT molecular complexity index is 1180. The first-order chi connectivity index (χ1) is 17.7. The highest BCUT2D eigenvalue weighted by Crippen LogP contribution is 2.39. The molecule has 0 radical (unpaired) electrons. The van der Waals surface area contributed by atoms with Crippen LogP contribution in [0.1, 0.15) is 72.4 Å². The lowest BCUT2D eigenvalue weighted by atomic mass is 9.94. The summed E-state index contributed by atoms with van der Waals surface area (Å²) in [5, 5.41) is 22.1. The van der Waals surface area contributed by atoms with Crippen LogP contribution >= 0.6 is 11.3 Å². The van der Waals surface area contributed by atoms with Crippen molar-refractivity contribution in [2.45, 2.75) is 83.6 Å². The van der Waals surface area contributed by atoms with Crippen LogP contribution in [0.2, 0.25) is 0 Å². The Kier molecular flexibility index (Phi) is 7.77. The van der Waals surface area contributed by atoms with Crippen LogP contribution in [0.3, 0.4) is 0 Å². The predicted octanol–water partition coefficient (Wildman–Crippen LogP) is 5.72. The summed E-state index contributed by atoms with van der Waals surface area (Å²) in [6.07, 6.45) is 7.93. The molecule has 5 heterocycles. The Hall–Kier alpha value is -2.20. The van der Waals surface area contributed by atoms with Crippen LogP contribution in [-0.4, -0.2) is 68.7 Å². The van der Waals surface area contributed by atoms with Crippen LogP contribution in [0.5, 0.6) is 0 Å². The third-order valence-corrected chi connectivity index (χ3v) is 8.41. The van der Waals surface area contributed by atoms with Gasteiger partial charge in [-0.25, -0.2) is 9.67 Å². The molecular weight excluding hydrogens is 484 g/mol. The molecule has 0 aliphatic carbocycles. The maximum Gasteiger partial charge on any atom is 0.150 e. The van der Waals surface area contributed by atoms with Crippen LogP contribution < -0.4 is 10.6 Å². The fraction of sp³-hybridized carbons (Fsp3) is 0.643. The number of piperidine rings is 1. The monoisotopic (exact) mass is 526 g/mol. The van der Waals surface area contributed by atoms with Crippen molar-refractivity contribution >= 4 is 33.1 Å². The van der Waals surface area contributed by atoms with Crippen molar-refractivity contribution < 1.29 is 9.84 Å². The first-order valence-corrected chi connectivity index (χ1v) is 14.6. The van der Waals surface area contributed by atoms with Crippen LogP contribution in [-0.2, 0) is 4.74 Å². The molecule has 3 N–H and O–H groups in total. The van der Waals surface area contributed by atoms with E-state index in [0.29, 0.717) is 0 Å². The number of rotatable bonds is 8. The van der Waals surface area contributed by atoms with E-state index in [2.05, 4.69) is 59.6 Å². The van der Waals surface area contributed by atoms with Gasteiger partial charge >= 0.3 is 0 Å². The number of aromatic nitrogens is 3. The quantitative estimate of drug-likeness (QED) is 0.324. The fourth-order valence-corrected chi connectivity index (χ4v) is 6.27. The normalized spacial score (nSPS) is 20.8. The molecule has 2 aliphatic rings. The number of hydrogen-bond acceptors (Lipinski definition) is 8. The lowest BCUT2D eigenvalue weighted by Crippen LogP contribution is -2.42. The number of pyridine rings is 1. The zero-order chi connectivity index (χ0) is 26.0. The molecule has 5 rings (SSSR count). The van der Waals surface area contributed by atoms with Gasteiger partial charge in [-0.3, -0.25) is 0 Å². The number of nitrogens with one attached hydrogen (secondary N) is 2. The van der Waals surface area contributed by atoms with E-state index in [-0.39, 0.29) is 11.8 Å². The van der Waals surface area contributed by atoms with E-state index in [1.807, 2.05) is 17.8 Å². The van der Waals surface area contributed by atoms with Crippen molar-refractivity contribution in [2.24, 2.45) is 0 Å². The number of likely N-dealkylation sites (tertiary alicyclic amines) is 1. The van der Waals surface area contributed by atoms with Crippen molar-refractivity contribution in [3.05, 3.63) is 24.4 Å². The van der Waals surface area contributed by atoms with Gasteiger partial charge in [0.25, 0.3) is 0 Å². The van der Waals surface area contributed by atoms with Crippen molar-refractivity contribution in [1.82, 2.24) is 19.7 Å². The number of thiophene rings is 1. The Morgan fingerprint density at radius 2 is 2.03 bits per heavy atom. The standard InChI is InChI=1S/C28H42N6O2S/c1-27(2,3)32-24-19-20(29-12-7-14-33-15-10-28(4,35)11-16-33)26-21(31-24)18-23(37-26)22-9-13-30-34(22)25-8-5-6-17-36-25/h9,13,18-19,25,35H,5-8,10-12,14-17H2,1-4H3,(H2,29,31,32). The molecule has 0 spiro atoms. The summed E-state index contributed by atoms with van der Waals surface area (Å²) in [4.78, 5) is 8.60. The van der Waals surface area contributed by atoms with E-state index in [1.165, 1.54) is 11.1 Å². The summed E-state index contributed by atoms with van der Waals surface area (Å²) in [6.45, 7) is 13.1.